The van der Waals surface area contributed by atoms with Gasteiger partial charge in [0.1, 0.15) is 0 Å². The summed E-state index contributed by atoms with van der Waals surface area (Å²) in [5.41, 5.74) is 1.34. The van der Waals surface area contributed by atoms with Crippen molar-refractivity contribution in [3.8, 4) is 0 Å². The lowest BCUT2D eigenvalue weighted by atomic mass is 10.0. The fourth-order valence-electron chi connectivity index (χ4n) is 2.71. The van der Waals surface area contributed by atoms with Gasteiger partial charge >= 0.3 is 6.03 Å². The Balaban J connectivity index is 1.64. The van der Waals surface area contributed by atoms with Crippen LogP contribution in [0.5, 0.6) is 0 Å². The van der Waals surface area contributed by atoms with Crippen LogP contribution in [-0.4, -0.2) is 30.6 Å². The molecule has 0 spiro atoms. The molecule has 1 aliphatic rings. The van der Waals surface area contributed by atoms with Gasteiger partial charge in [0.05, 0.1) is 0 Å². The van der Waals surface area contributed by atoms with Crippen molar-refractivity contribution >= 4 is 6.03 Å². The van der Waals surface area contributed by atoms with Crippen LogP contribution in [0, 0.1) is 5.92 Å². The Kier molecular flexibility index (Phi) is 5.90. The highest BCUT2D eigenvalue weighted by Gasteiger charge is 2.17. The third-order valence-electron chi connectivity index (χ3n) is 4.07. The normalized spacial score (nSPS) is 19.4. The topological polar surface area (TPSA) is 32.3 Å². The molecule has 2 amide bonds. The summed E-state index contributed by atoms with van der Waals surface area (Å²) in [6.45, 7) is 4.86. The molecule has 1 N–H and O–H groups in total. The average Bonchev–Trinajstić information content (AvgIpc) is 2.69. The van der Waals surface area contributed by atoms with Gasteiger partial charge in [-0.05, 0) is 43.6 Å². The molecule has 0 radical (unpaired) electrons. The van der Waals surface area contributed by atoms with Crippen LogP contribution in [0.15, 0.2) is 30.3 Å². The van der Waals surface area contributed by atoms with Gasteiger partial charge in [0.25, 0.3) is 0 Å². The first-order valence-corrected chi connectivity index (χ1v) is 7.82. The lowest BCUT2D eigenvalue weighted by Gasteiger charge is -2.21. The molecule has 3 heteroatoms. The van der Waals surface area contributed by atoms with Crippen molar-refractivity contribution in [2.45, 2.75) is 39.0 Å². The van der Waals surface area contributed by atoms with Crippen LogP contribution in [0.3, 0.4) is 0 Å². The minimum Gasteiger partial charge on any atom is -0.338 e. The number of aryl methyl sites for hydroxylation is 1. The predicted molar refractivity (Wildman–Crippen MR) is 82.7 cm³/mol. The Hall–Kier alpha value is -1.51. The fourth-order valence-corrected chi connectivity index (χ4v) is 2.71. The summed E-state index contributed by atoms with van der Waals surface area (Å²) in [4.78, 5) is 14.1. The minimum absolute atomic E-state index is 0.118. The number of amides is 2. The number of likely N-dealkylation sites (tertiary alicyclic amines) is 1. The molecule has 3 nitrogen and oxygen atoms in total. The quantitative estimate of drug-likeness (QED) is 0.838. The van der Waals surface area contributed by atoms with E-state index in [9.17, 15) is 4.79 Å². The van der Waals surface area contributed by atoms with Crippen LogP contribution in [0.25, 0.3) is 0 Å². The van der Waals surface area contributed by atoms with E-state index in [1.54, 1.807) is 0 Å². The second kappa shape index (κ2) is 7.93. The number of carbonyl (C=O) groups excluding carboxylic acids is 1. The molecule has 1 aromatic rings. The number of nitrogens with zero attached hydrogens (tertiary/aromatic N) is 1. The molecule has 1 fully saturated rings. The van der Waals surface area contributed by atoms with Crippen LogP contribution >= 0.6 is 0 Å². The maximum absolute atomic E-state index is 12.1. The van der Waals surface area contributed by atoms with Crippen molar-refractivity contribution < 1.29 is 4.79 Å². The Morgan fingerprint density at radius 3 is 2.85 bits per heavy atom. The Morgan fingerprint density at radius 1 is 1.25 bits per heavy atom. The van der Waals surface area contributed by atoms with Crippen molar-refractivity contribution in [3.05, 3.63) is 35.9 Å². The summed E-state index contributed by atoms with van der Waals surface area (Å²) >= 11 is 0. The summed E-state index contributed by atoms with van der Waals surface area (Å²) in [5, 5.41) is 3.05. The molecule has 2 rings (SSSR count). The van der Waals surface area contributed by atoms with E-state index >= 15 is 0 Å². The van der Waals surface area contributed by atoms with Crippen molar-refractivity contribution in [1.29, 1.82) is 0 Å². The van der Waals surface area contributed by atoms with Crippen LogP contribution in [0.4, 0.5) is 4.79 Å². The maximum Gasteiger partial charge on any atom is 0.317 e. The zero-order valence-corrected chi connectivity index (χ0v) is 12.5. The van der Waals surface area contributed by atoms with Gasteiger partial charge in [0.2, 0.25) is 0 Å². The molecule has 1 heterocycles. The van der Waals surface area contributed by atoms with E-state index in [-0.39, 0.29) is 6.03 Å². The molecule has 0 aliphatic carbocycles. The molecule has 0 bridgehead atoms. The van der Waals surface area contributed by atoms with Gasteiger partial charge in [-0.2, -0.15) is 0 Å². The first-order valence-electron chi connectivity index (χ1n) is 7.82. The first kappa shape index (κ1) is 14.9. The molecule has 1 saturated heterocycles. The summed E-state index contributed by atoms with van der Waals surface area (Å²) < 4.78 is 0. The van der Waals surface area contributed by atoms with E-state index in [1.165, 1.54) is 12.0 Å². The zero-order chi connectivity index (χ0) is 14.2. The Morgan fingerprint density at radius 2 is 2.05 bits per heavy atom. The van der Waals surface area contributed by atoms with E-state index in [4.69, 9.17) is 0 Å². The van der Waals surface area contributed by atoms with E-state index in [0.29, 0.717) is 0 Å². The molecule has 0 aromatic heterocycles. The third kappa shape index (κ3) is 4.87. The summed E-state index contributed by atoms with van der Waals surface area (Å²) in [5.74, 6) is 0.755. The number of urea groups is 1. The van der Waals surface area contributed by atoms with Gasteiger partial charge in [-0.15, -0.1) is 0 Å². The van der Waals surface area contributed by atoms with Crippen LogP contribution < -0.4 is 5.32 Å². The fraction of sp³-hybridized carbons (Fsp3) is 0.588. The number of carbonyl (C=O) groups is 1. The molecule has 1 aliphatic heterocycles. The molecule has 1 atom stereocenters. The second-order valence-electron chi connectivity index (χ2n) is 5.84. The van der Waals surface area contributed by atoms with Crippen LogP contribution in [0.2, 0.25) is 0 Å². The minimum atomic E-state index is 0.118. The van der Waals surface area contributed by atoms with Crippen molar-refractivity contribution in [2.75, 3.05) is 19.6 Å². The van der Waals surface area contributed by atoms with Gasteiger partial charge in [0.15, 0.2) is 0 Å². The van der Waals surface area contributed by atoms with Gasteiger partial charge in [0, 0.05) is 19.6 Å². The number of hydrogen-bond acceptors (Lipinski definition) is 1. The number of nitrogens with one attached hydrogen (secondary N) is 1. The van der Waals surface area contributed by atoms with E-state index in [1.807, 2.05) is 11.0 Å². The third-order valence-corrected chi connectivity index (χ3v) is 4.07. The SMILES string of the molecule is CC1CCCN(C(=O)NCCCc2ccccc2)CC1. The molecule has 20 heavy (non-hydrogen) atoms. The van der Waals surface area contributed by atoms with Crippen LogP contribution in [-0.2, 0) is 6.42 Å². The summed E-state index contributed by atoms with van der Waals surface area (Å²) in [6, 6.07) is 10.5. The molecule has 1 unspecified atom stereocenters. The Labute approximate surface area is 122 Å². The summed E-state index contributed by atoms with van der Waals surface area (Å²) in [7, 11) is 0. The maximum atomic E-state index is 12.1. The number of rotatable bonds is 4. The highest BCUT2D eigenvalue weighted by Crippen LogP contribution is 2.16. The number of benzene rings is 1. The van der Waals surface area contributed by atoms with Crippen molar-refractivity contribution in [1.82, 2.24) is 10.2 Å². The van der Waals surface area contributed by atoms with Crippen molar-refractivity contribution in [3.63, 3.8) is 0 Å². The van der Waals surface area contributed by atoms with Gasteiger partial charge in [-0.1, -0.05) is 37.3 Å². The Bertz CT molecular complexity index is 405. The summed E-state index contributed by atoms with van der Waals surface area (Å²) in [6.07, 6.45) is 5.55. The predicted octanol–water partition coefficient (Wildman–Crippen LogP) is 3.45. The largest absolute Gasteiger partial charge is 0.338 e. The van der Waals surface area contributed by atoms with Gasteiger partial charge in [-0.25, -0.2) is 4.79 Å². The van der Waals surface area contributed by atoms with Crippen molar-refractivity contribution in [2.24, 2.45) is 5.92 Å². The molecule has 1 aromatic carbocycles. The molecular weight excluding hydrogens is 248 g/mol. The standard InChI is InChI=1S/C17H26N2O/c1-15-7-6-13-19(14-11-15)17(20)18-12-5-10-16-8-3-2-4-9-16/h2-4,8-9,15H,5-7,10-14H2,1H3,(H,18,20). The smallest absolute Gasteiger partial charge is 0.317 e. The second-order valence-corrected chi connectivity index (χ2v) is 5.84. The number of hydrogen-bond donors (Lipinski definition) is 1. The highest BCUT2D eigenvalue weighted by molar-refractivity contribution is 5.74. The van der Waals surface area contributed by atoms with Gasteiger partial charge < -0.3 is 10.2 Å². The zero-order valence-electron chi connectivity index (χ0n) is 12.5. The van der Waals surface area contributed by atoms with E-state index in [2.05, 4.69) is 36.5 Å². The average molecular weight is 274 g/mol. The monoisotopic (exact) mass is 274 g/mol. The highest BCUT2D eigenvalue weighted by atomic mass is 16.2. The molecule has 0 saturated carbocycles. The molecule has 110 valence electrons. The molecular formula is C17H26N2O. The van der Waals surface area contributed by atoms with E-state index < -0.39 is 0 Å². The van der Waals surface area contributed by atoms with Gasteiger partial charge in [-0.3, -0.25) is 0 Å². The lowest BCUT2D eigenvalue weighted by molar-refractivity contribution is 0.199. The van der Waals surface area contributed by atoms with E-state index in [0.717, 1.165) is 51.2 Å². The lowest BCUT2D eigenvalue weighted by Crippen LogP contribution is -2.41. The first-order chi connectivity index (χ1) is 9.75. The van der Waals surface area contributed by atoms with Crippen LogP contribution in [0.1, 0.15) is 38.2 Å².